The molecule has 0 amide bonds. The summed E-state index contributed by atoms with van der Waals surface area (Å²) < 4.78 is 28.9. The van der Waals surface area contributed by atoms with Gasteiger partial charge < -0.3 is 4.90 Å². The Morgan fingerprint density at radius 1 is 1.38 bits per heavy atom. The second-order valence-electron chi connectivity index (χ2n) is 5.44. The summed E-state index contributed by atoms with van der Waals surface area (Å²) in [6.07, 6.45) is 0. The molecule has 21 heavy (non-hydrogen) atoms. The van der Waals surface area contributed by atoms with Crippen LogP contribution in [0.1, 0.15) is 17.0 Å². The van der Waals surface area contributed by atoms with Gasteiger partial charge in [-0.15, -0.1) is 11.3 Å². The molecule has 0 N–H and O–H groups in total. The lowest BCUT2D eigenvalue weighted by atomic mass is 10.2. The molecule has 2 aromatic heterocycles. The highest BCUT2D eigenvalue weighted by atomic mass is 32.2. The van der Waals surface area contributed by atoms with Gasteiger partial charge in [0.15, 0.2) is 0 Å². The molecular weight excluding hydrogens is 308 g/mol. The fraction of sp³-hybridized carbons (Fsp3) is 0.462. The Morgan fingerprint density at radius 2 is 2.14 bits per heavy atom. The largest absolute Gasteiger partial charge is 0.303 e. The van der Waals surface area contributed by atoms with Gasteiger partial charge in [-0.05, 0) is 25.5 Å². The van der Waals surface area contributed by atoms with Gasteiger partial charge in [-0.2, -0.15) is 9.40 Å². The summed E-state index contributed by atoms with van der Waals surface area (Å²) in [4.78, 5) is 2.04. The van der Waals surface area contributed by atoms with E-state index in [-0.39, 0.29) is 0 Å². The molecule has 2 aromatic rings. The van der Waals surface area contributed by atoms with Crippen LogP contribution < -0.4 is 0 Å². The Morgan fingerprint density at radius 3 is 2.76 bits per heavy atom. The predicted octanol–water partition coefficient (Wildman–Crippen LogP) is 1.25. The summed E-state index contributed by atoms with van der Waals surface area (Å²) in [6.45, 7) is 1.52. The fourth-order valence-electron chi connectivity index (χ4n) is 2.58. The molecule has 0 bridgehead atoms. The Balaban J connectivity index is 1.92. The average molecular weight is 326 g/mol. The van der Waals surface area contributed by atoms with Crippen LogP contribution in [0.15, 0.2) is 21.7 Å². The van der Waals surface area contributed by atoms with Crippen LogP contribution in [0.2, 0.25) is 0 Å². The van der Waals surface area contributed by atoms with Gasteiger partial charge in [0.25, 0.3) is 10.0 Å². The van der Waals surface area contributed by atoms with Crippen molar-refractivity contribution in [2.75, 3.05) is 14.1 Å². The lowest BCUT2D eigenvalue weighted by molar-refractivity contribution is 0.384. The number of sulfonamides is 1. The van der Waals surface area contributed by atoms with Gasteiger partial charge in [-0.3, -0.25) is 4.68 Å². The standard InChI is InChI=1S/C13H18N4O2S2/c1-15(2)8-11-10-7-17(9-12(10)16(3)14-11)21(18,19)13-5-4-6-20-13/h4-6H,7-9H2,1-3H3. The van der Waals surface area contributed by atoms with Crippen molar-refractivity contribution in [1.29, 1.82) is 0 Å². The number of hydrogen-bond donors (Lipinski definition) is 0. The van der Waals surface area contributed by atoms with Crippen molar-refractivity contribution in [3.8, 4) is 0 Å². The van der Waals surface area contributed by atoms with E-state index < -0.39 is 10.0 Å². The summed E-state index contributed by atoms with van der Waals surface area (Å²) >= 11 is 1.26. The third kappa shape index (κ3) is 2.52. The molecule has 0 saturated carbocycles. The van der Waals surface area contributed by atoms with Gasteiger partial charge in [0.1, 0.15) is 4.21 Å². The SMILES string of the molecule is CN(C)Cc1nn(C)c2c1CN(S(=O)(=O)c1cccs1)C2. The quantitative estimate of drug-likeness (QED) is 0.848. The van der Waals surface area contributed by atoms with E-state index in [1.807, 2.05) is 26.0 Å². The third-order valence-corrected chi connectivity index (χ3v) is 6.74. The number of thiophene rings is 1. The van der Waals surface area contributed by atoms with E-state index in [9.17, 15) is 8.42 Å². The van der Waals surface area contributed by atoms with E-state index in [0.717, 1.165) is 23.5 Å². The molecule has 0 spiro atoms. The summed E-state index contributed by atoms with van der Waals surface area (Å²) in [5.74, 6) is 0. The number of fused-ring (bicyclic) bond motifs is 1. The van der Waals surface area contributed by atoms with Crippen molar-refractivity contribution in [3.63, 3.8) is 0 Å². The molecule has 1 aliphatic heterocycles. The number of rotatable bonds is 4. The maximum Gasteiger partial charge on any atom is 0.253 e. The van der Waals surface area contributed by atoms with Crippen molar-refractivity contribution in [1.82, 2.24) is 19.0 Å². The first-order valence-electron chi connectivity index (χ1n) is 6.61. The molecule has 6 nitrogen and oxygen atoms in total. The van der Waals surface area contributed by atoms with Crippen molar-refractivity contribution in [2.45, 2.75) is 23.8 Å². The van der Waals surface area contributed by atoms with E-state index >= 15 is 0 Å². The summed E-state index contributed by atoms with van der Waals surface area (Å²) in [7, 11) is 2.44. The number of aromatic nitrogens is 2. The van der Waals surface area contributed by atoms with E-state index in [0.29, 0.717) is 17.3 Å². The molecule has 0 saturated heterocycles. The minimum absolute atomic E-state index is 0.395. The van der Waals surface area contributed by atoms with Gasteiger partial charge in [0, 0.05) is 25.7 Å². The van der Waals surface area contributed by atoms with Crippen LogP contribution in [0.4, 0.5) is 0 Å². The zero-order chi connectivity index (χ0) is 15.2. The maximum atomic E-state index is 12.6. The smallest absolute Gasteiger partial charge is 0.253 e. The maximum absolute atomic E-state index is 12.6. The molecule has 0 unspecified atom stereocenters. The minimum Gasteiger partial charge on any atom is -0.303 e. The molecule has 0 aliphatic carbocycles. The van der Waals surface area contributed by atoms with Gasteiger partial charge in [-0.25, -0.2) is 8.42 Å². The average Bonchev–Trinajstić information content (AvgIpc) is 3.10. The monoisotopic (exact) mass is 326 g/mol. The lowest BCUT2D eigenvalue weighted by Gasteiger charge is -2.15. The van der Waals surface area contributed by atoms with Gasteiger partial charge in [0.2, 0.25) is 0 Å². The van der Waals surface area contributed by atoms with Crippen LogP contribution in [0, 0.1) is 0 Å². The normalized spacial score (nSPS) is 15.8. The van der Waals surface area contributed by atoms with Crippen LogP contribution in [0.3, 0.4) is 0 Å². The van der Waals surface area contributed by atoms with Crippen LogP contribution in [0.5, 0.6) is 0 Å². The van der Waals surface area contributed by atoms with Crippen molar-refractivity contribution < 1.29 is 8.42 Å². The highest BCUT2D eigenvalue weighted by molar-refractivity contribution is 7.91. The highest BCUT2D eigenvalue weighted by Crippen LogP contribution is 2.32. The Labute approximate surface area is 128 Å². The first-order valence-corrected chi connectivity index (χ1v) is 8.93. The first kappa shape index (κ1) is 14.7. The molecule has 3 heterocycles. The first-order chi connectivity index (χ1) is 9.89. The van der Waals surface area contributed by atoms with Gasteiger partial charge in [0.05, 0.1) is 17.9 Å². The van der Waals surface area contributed by atoms with Crippen LogP contribution >= 0.6 is 11.3 Å². The molecule has 8 heteroatoms. The third-order valence-electron chi connectivity index (χ3n) is 3.57. The van der Waals surface area contributed by atoms with Crippen molar-refractivity contribution in [2.24, 2.45) is 7.05 Å². The molecule has 3 rings (SSSR count). The van der Waals surface area contributed by atoms with Gasteiger partial charge >= 0.3 is 0 Å². The number of aryl methyl sites for hydroxylation is 1. The molecular formula is C13H18N4O2S2. The van der Waals surface area contributed by atoms with Crippen molar-refractivity contribution in [3.05, 3.63) is 34.5 Å². The minimum atomic E-state index is -3.40. The van der Waals surface area contributed by atoms with Gasteiger partial charge in [-0.1, -0.05) is 6.07 Å². The highest BCUT2D eigenvalue weighted by Gasteiger charge is 2.35. The van der Waals surface area contributed by atoms with E-state index in [1.165, 1.54) is 15.6 Å². The zero-order valence-corrected chi connectivity index (χ0v) is 13.9. The van der Waals surface area contributed by atoms with Crippen LogP contribution in [-0.2, 0) is 36.7 Å². The van der Waals surface area contributed by atoms with E-state index in [1.54, 1.807) is 22.2 Å². The molecule has 0 aromatic carbocycles. The lowest BCUT2D eigenvalue weighted by Crippen LogP contribution is -2.26. The topological polar surface area (TPSA) is 58.4 Å². The zero-order valence-electron chi connectivity index (χ0n) is 12.3. The molecule has 0 atom stereocenters. The second-order valence-corrected chi connectivity index (χ2v) is 8.55. The van der Waals surface area contributed by atoms with E-state index in [2.05, 4.69) is 5.10 Å². The number of nitrogens with zero attached hydrogens (tertiary/aromatic N) is 4. The molecule has 114 valence electrons. The Bertz CT molecular complexity index is 747. The summed E-state index contributed by atoms with van der Waals surface area (Å²) in [5.41, 5.74) is 3.00. The van der Waals surface area contributed by atoms with Crippen LogP contribution in [-0.4, -0.2) is 41.5 Å². The summed E-state index contributed by atoms with van der Waals surface area (Å²) in [6, 6.07) is 3.42. The molecule has 0 fully saturated rings. The fourth-order valence-corrected chi connectivity index (χ4v) is 5.09. The molecule has 1 aliphatic rings. The number of hydrogen-bond acceptors (Lipinski definition) is 5. The predicted molar refractivity (Wildman–Crippen MR) is 81.4 cm³/mol. The van der Waals surface area contributed by atoms with Crippen molar-refractivity contribution >= 4 is 21.4 Å². The van der Waals surface area contributed by atoms with E-state index in [4.69, 9.17) is 0 Å². The Hall–Kier alpha value is -1.22. The molecule has 0 radical (unpaired) electrons. The Kier molecular flexibility index (Phi) is 3.64. The van der Waals surface area contributed by atoms with Crippen LogP contribution in [0.25, 0.3) is 0 Å². The summed E-state index contributed by atoms with van der Waals surface area (Å²) in [5, 5.41) is 6.29. The second kappa shape index (κ2) is 5.20.